The number of hydrogen-bond acceptors (Lipinski definition) is 7. The van der Waals surface area contributed by atoms with Crippen LogP contribution in [0.4, 0.5) is 28.8 Å². The maximum absolute atomic E-state index is 9.85. The number of rotatable bonds is 5. The predicted octanol–water partition coefficient (Wildman–Crippen LogP) is 5.32. The smallest absolute Gasteiger partial charge is 0.252 e. The standard InChI is InChI=1S/C24H26N10/c1-15-9-11-18(12-10-15)30-22-19(14-25)16(2)21(23(27-4)31-22)32-33-24(29-17(3)26)34(5)20-8-6-7-13-28-20/h6-13,26H,1-5H3,(H2,27,30,31). The van der Waals surface area contributed by atoms with Gasteiger partial charge in [-0.05, 0) is 45.0 Å². The first kappa shape index (κ1) is 24.0. The number of azo groups is 1. The Labute approximate surface area is 198 Å². The van der Waals surface area contributed by atoms with Crippen molar-refractivity contribution in [2.45, 2.75) is 20.8 Å². The van der Waals surface area contributed by atoms with Crippen molar-refractivity contribution < 1.29 is 0 Å². The van der Waals surface area contributed by atoms with E-state index in [0.717, 1.165) is 11.3 Å². The summed E-state index contributed by atoms with van der Waals surface area (Å²) in [6.07, 6.45) is 1.66. The van der Waals surface area contributed by atoms with Crippen molar-refractivity contribution >= 4 is 40.6 Å². The van der Waals surface area contributed by atoms with E-state index in [1.165, 1.54) is 0 Å². The van der Waals surface area contributed by atoms with E-state index in [1.54, 1.807) is 51.2 Å². The molecule has 0 amide bonds. The predicted molar refractivity (Wildman–Crippen MR) is 136 cm³/mol. The van der Waals surface area contributed by atoms with Crippen molar-refractivity contribution in [2.24, 2.45) is 15.2 Å². The van der Waals surface area contributed by atoms with Gasteiger partial charge in [0.1, 0.15) is 23.4 Å². The highest BCUT2D eigenvalue weighted by atomic mass is 15.3. The van der Waals surface area contributed by atoms with Crippen LogP contribution >= 0.6 is 0 Å². The molecule has 0 fully saturated rings. The number of nitrogens with zero attached hydrogens (tertiary/aromatic N) is 7. The van der Waals surface area contributed by atoms with Gasteiger partial charge in [-0.3, -0.25) is 10.3 Å². The van der Waals surface area contributed by atoms with Crippen molar-refractivity contribution in [2.75, 3.05) is 29.6 Å². The Bertz CT molecular complexity index is 1270. The van der Waals surface area contributed by atoms with Gasteiger partial charge in [0.25, 0.3) is 5.96 Å². The quantitative estimate of drug-likeness (QED) is 0.271. The zero-order valence-corrected chi connectivity index (χ0v) is 19.7. The minimum atomic E-state index is 0.0655. The molecule has 3 N–H and O–H groups in total. The number of nitriles is 1. The lowest BCUT2D eigenvalue weighted by molar-refractivity contribution is 1.10. The van der Waals surface area contributed by atoms with Crippen LogP contribution in [-0.4, -0.2) is 35.9 Å². The molecule has 2 aromatic heterocycles. The SMILES string of the molecule is CNc1nc(Nc2ccc(C)cc2)c(C#N)c(C)c1N=NC(=NC(C)=N)N(C)c1ccccn1. The molecule has 0 bridgehead atoms. The summed E-state index contributed by atoms with van der Waals surface area (Å²) in [5, 5.41) is 32.5. The minimum Gasteiger partial charge on any atom is -0.371 e. The molecule has 0 radical (unpaired) electrons. The fraction of sp³-hybridized carbons (Fsp3) is 0.208. The maximum atomic E-state index is 9.85. The van der Waals surface area contributed by atoms with Gasteiger partial charge in [-0.2, -0.15) is 10.3 Å². The normalized spacial score (nSPS) is 11.2. The molecule has 0 aliphatic carbocycles. The number of hydrogen-bond donors (Lipinski definition) is 3. The number of aliphatic imine (C=N–C) groups is 1. The highest BCUT2D eigenvalue weighted by molar-refractivity contribution is 6.02. The average molecular weight is 455 g/mol. The lowest BCUT2D eigenvalue weighted by Gasteiger charge is -2.17. The van der Waals surface area contributed by atoms with E-state index in [9.17, 15) is 5.26 Å². The maximum Gasteiger partial charge on any atom is 0.252 e. The van der Waals surface area contributed by atoms with Gasteiger partial charge in [-0.25, -0.2) is 9.97 Å². The second-order valence-electron chi connectivity index (χ2n) is 7.45. The molecule has 10 nitrogen and oxygen atoms in total. The van der Waals surface area contributed by atoms with Gasteiger partial charge in [0.2, 0.25) is 0 Å². The van der Waals surface area contributed by atoms with Gasteiger partial charge in [0, 0.05) is 31.5 Å². The minimum absolute atomic E-state index is 0.0655. The molecule has 0 saturated heterocycles. The number of aryl methyl sites for hydroxylation is 1. The Kier molecular flexibility index (Phi) is 7.61. The molecular weight excluding hydrogens is 428 g/mol. The summed E-state index contributed by atoms with van der Waals surface area (Å²) in [4.78, 5) is 14.7. The largest absolute Gasteiger partial charge is 0.371 e. The van der Waals surface area contributed by atoms with Crippen molar-refractivity contribution in [1.82, 2.24) is 9.97 Å². The summed E-state index contributed by atoms with van der Waals surface area (Å²) in [5.74, 6) is 1.70. The fourth-order valence-electron chi connectivity index (χ4n) is 3.06. The molecule has 1 aromatic carbocycles. The zero-order valence-electron chi connectivity index (χ0n) is 19.7. The summed E-state index contributed by atoms with van der Waals surface area (Å²) < 4.78 is 0. The Morgan fingerprint density at radius 3 is 2.44 bits per heavy atom. The first-order valence-corrected chi connectivity index (χ1v) is 10.5. The van der Waals surface area contributed by atoms with Crippen LogP contribution in [0.3, 0.4) is 0 Å². The van der Waals surface area contributed by atoms with Gasteiger partial charge in [-0.15, -0.1) is 10.2 Å². The lowest BCUT2D eigenvalue weighted by Crippen LogP contribution is -2.26. The lowest BCUT2D eigenvalue weighted by atomic mass is 10.1. The zero-order chi connectivity index (χ0) is 24.7. The molecule has 0 aliphatic heterocycles. The third-order valence-electron chi connectivity index (χ3n) is 4.88. The fourth-order valence-corrected chi connectivity index (χ4v) is 3.06. The molecule has 0 spiro atoms. The van der Waals surface area contributed by atoms with Gasteiger partial charge in [-0.1, -0.05) is 23.8 Å². The number of nitrogens with one attached hydrogen (secondary N) is 3. The molecule has 34 heavy (non-hydrogen) atoms. The molecule has 172 valence electrons. The highest BCUT2D eigenvalue weighted by Gasteiger charge is 2.18. The second-order valence-corrected chi connectivity index (χ2v) is 7.45. The van der Waals surface area contributed by atoms with Crippen LogP contribution in [0.15, 0.2) is 63.9 Å². The van der Waals surface area contributed by atoms with Crippen molar-refractivity contribution in [3.8, 4) is 6.07 Å². The van der Waals surface area contributed by atoms with Gasteiger partial charge in [0.05, 0.1) is 5.56 Å². The number of benzene rings is 1. The van der Waals surface area contributed by atoms with Crippen LogP contribution in [0.5, 0.6) is 0 Å². The van der Waals surface area contributed by atoms with Gasteiger partial charge >= 0.3 is 0 Å². The van der Waals surface area contributed by atoms with E-state index in [2.05, 4.69) is 41.9 Å². The molecule has 10 heteroatoms. The van der Waals surface area contributed by atoms with Crippen molar-refractivity contribution in [3.63, 3.8) is 0 Å². The van der Waals surface area contributed by atoms with Crippen LogP contribution in [0.25, 0.3) is 0 Å². The van der Waals surface area contributed by atoms with Crippen LogP contribution in [0, 0.1) is 30.6 Å². The van der Waals surface area contributed by atoms with E-state index in [4.69, 9.17) is 5.41 Å². The number of guanidine groups is 1. The summed E-state index contributed by atoms with van der Waals surface area (Å²) in [6, 6.07) is 15.5. The molecular formula is C24H26N10. The highest BCUT2D eigenvalue weighted by Crippen LogP contribution is 2.34. The number of pyridine rings is 2. The average Bonchev–Trinajstić information content (AvgIpc) is 2.83. The van der Waals surface area contributed by atoms with Crippen LogP contribution in [0.1, 0.15) is 23.6 Å². The van der Waals surface area contributed by atoms with Gasteiger partial charge in [0.15, 0.2) is 11.6 Å². The van der Waals surface area contributed by atoms with Crippen molar-refractivity contribution in [3.05, 3.63) is 65.4 Å². The van der Waals surface area contributed by atoms with E-state index >= 15 is 0 Å². The topological polar surface area (TPSA) is 138 Å². The van der Waals surface area contributed by atoms with Gasteiger partial charge < -0.3 is 10.6 Å². The summed E-state index contributed by atoms with van der Waals surface area (Å²) >= 11 is 0. The molecule has 3 aromatic rings. The second kappa shape index (κ2) is 10.8. The van der Waals surface area contributed by atoms with E-state index < -0.39 is 0 Å². The Morgan fingerprint density at radius 2 is 1.85 bits per heavy atom. The summed E-state index contributed by atoms with van der Waals surface area (Å²) in [5.41, 5.74) is 3.31. The monoisotopic (exact) mass is 454 g/mol. The third-order valence-corrected chi connectivity index (χ3v) is 4.88. The molecule has 0 saturated carbocycles. The van der Waals surface area contributed by atoms with Crippen LogP contribution in [0.2, 0.25) is 0 Å². The van der Waals surface area contributed by atoms with E-state index in [0.29, 0.717) is 34.3 Å². The van der Waals surface area contributed by atoms with Crippen LogP contribution in [-0.2, 0) is 0 Å². The molecule has 0 aliphatic rings. The first-order valence-electron chi connectivity index (χ1n) is 10.5. The third kappa shape index (κ3) is 5.58. The summed E-state index contributed by atoms with van der Waals surface area (Å²) in [6.45, 7) is 5.35. The number of amidine groups is 1. The van der Waals surface area contributed by atoms with Crippen LogP contribution < -0.4 is 15.5 Å². The first-order chi connectivity index (χ1) is 16.3. The molecule has 0 atom stereocenters. The summed E-state index contributed by atoms with van der Waals surface area (Å²) in [7, 11) is 3.46. The number of aromatic nitrogens is 2. The van der Waals surface area contributed by atoms with Crippen molar-refractivity contribution in [1.29, 1.82) is 10.7 Å². The van der Waals surface area contributed by atoms with E-state index in [1.807, 2.05) is 37.3 Å². The Hall–Kier alpha value is -4.65. The molecule has 3 rings (SSSR count). The van der Waals surface area contributed by atoms with E-state index in [-0.39, 0.29) is 11.8 Å². The Morgan fingerprint density at radius 1 is 1.12 bits per heavy atom. The molecule has 0 unspecified atom stereocenters. The molecule has 2 heterocycles. The number of anilines is 4. The Balaban J connectivity index is 2.03.